The largest absolute Gasteiger partial charge is 0.265 e. The zero-order valence-electron chi connectivity index (χ0n) is 29.8. The molecule has 256 valence electrons. The molecule has 0 bridgehead atoms. The van der Waals surface area contributed by atoms with Gasteiger partial charge in [-0.05, 0) is 103 Å². The number of aromatic nitrogens is 4. The van der Waals surface area contributed by atoms with Crippen LogP contribution in [0.15, 0.2) is 195 Å². The van der Waals surface area contributed by atoms with Crippen molar-refractivity contribution in [1.29, 1.82) is 0 Å². The van der Waals surface area contributed by atoms with Gasteiger partial charge in [0.1, 0.15) is 0 Å². The molecule has 3 aromatic heterocycles. The highest BCUT2D eigenvalue weighted by Crippen LogP contribution is 2.61. The highest BCUT2D eigenvalue weighted by atomic mass is 14.9. The van der Waals surface area contributed by atoms with Crippen LogP contribution in [-0.2, 0) is 5.41 Å². The van der Waals surface area contributed by atoms with Crippen molar-refractivity contribution in [3.8, 4) is 78.4 Å². The molecule has 0 amide bonds. The van der Waals surface area contributed by atoms with Crippen LogP contribution in [0.4, 0.5) is 0 Å². The smallest absolute Gasteiger partial charge is 0.160 e. The van der Waals surface area contributed by atoms with Gasteiger partial charge in [-0.3, -0.25) is 9.97 Å². The second-order valence-corrected chi connectivity index (χ2v) is 14.2. The number of hydrogen-bond donors (Lipinski definition) is 0. The van der Waals surface area contributed by atoms with Gasteiger partial charge in [0.25, 0.3) is 0 Å². The molecular weight excluding hydrogens is 669 g/mol. The highest BCUT2D eigenvalue weighted by Gasteiger charge is 2.49. The van der Waals surface area contributed by atoms with E-state index in [0.29, 0.717) is 5.82 Å². The Morgan fingerprint density at radius 3 is 1.27 bits per heavy atom. The molecule has 0 saturated carbocycles. The monoisotopic (exact) mass is 700 g/mol. The minimum absolute atomic E-state index is 0.522. The Kier molecular flexibility index (Phi) is 7.04. The summed E-state index contributed by atoms with van der Waals surface area (Å²) in [6, 6.07) is 61.5. The molecule has 3 heterocycles. The first-order valence-corrected chi connectivity index (χ1v) is 18.6. The first-order valence-electron chi connectivity index (χ1n) is 18.6. The van der Waals surface area contributed by atoms with Gasteiger partial charge in [-0.25, -0.2) is 9.97 Å². The summed E-state index contributed by atoms with van der Waals surface area (Å²) in [5.41, 5.74) is 19.0. The molecule has 2 aliphatic rings. The lowest BCUT2D eigenvalue weighted by atomic mass is 9.66. The van der Waals surface area contributed by atoms with E-state index in [1.807, 2.05) is 36.7 Å². The van der Waals surface area contributed by atoms with E-state index in [1.54, 1.807) is 12.4 Å². The molecule has 0 radical (unpaired) electrons. The van der Waals surface area contributed by atoms with Crippen molar-refractivity contribution in [3.05, 3.63) is 217 Å². The number of benzene rings is 6. The number of fused-ring (bicyclic) bond motifs is 12. The van der Waals surface area contributed by atoms with Crippen LogP contribution in [0.5, 0.6) is 0 Å². The molecule has 4 nitrogen and oxygen atoms in total. The fraction of sp³-hybridized carbons (Fsp3) is 0.0196. The van der Waals surface area contributed by atoms with E-state index in [2.05, 4.69) is 156 Å². The van der Waals surface area contributed by atoms with Crippen LogP contribution in [0, 0.1) is 0 Å². The Balaban J connectivity index is 1.16. The maximum Gasteiger partial charge on any atom is 0.160 e. The van der Waals surface area contributed by atoms with Gasteiger partial charge in [-0.1, -0.05) is 133 Å². The summed E-state index contributed by atoms with van der Waals surface area (Å²) in [4.78, 5) is 18.8. The molecule has 0 atom stereocenters. The lowest BCUT2D eigenvalue weighted by Crippen LogP contribution is -2.29. The maximum absolute atomic E-state index is 5.25. The first-order chi connectivity index (χ1) is 27.3. The van der Waals surface area contributed by atoms with Crippen LogP contribution in [0.1, 0.15) is 22.3 Å². The summed E-state index contributed by atoms with van der Waals surface area (Å²) >= 11 is 0. The summed E-state index contributed by atoms with van der Waals surface area (Å²) in [6.07, 6.45) is 7.24. The van der Waals surface area contributed by atoms with Gasteiger partial charge in [0.15, 0.2) is 5.82 Å². The van der Waals surface area contributed by atoms with Crippen molar-refractivity contribution in [2.24, 2.45) is 0 Å². The number of pyridine rings is 2. The van der Waals surface area contributed by atoms with Gasteiger partial charge in [-0.2, -0.15) is 0 Å². The van der Waals surface area contributed by atoms with Crippen molar-refractivity contribution in [1.82, 2.24) is 19.9 Å². The second-order valence-electron chi connectivity index (χ2n) is 14.2. The molecule has 0 unspecified atom stereocenters. The lowest BCUT2D eigenvalue weighted by Gasteiger charge is -2.35. The van der Waals surface area contributed by atoms with Crippen LogP contribution >= 0.6 is 0 Å². The first kappa shape index (κ1) is 31.2. The third-order valence-electron chi connectivity index (χ3n) is 11.4. The average molecular weight is 701 g/mol. The zero-order valence-corrected chi connectivity index (χ0v) is 29.8. The van der Waals surface area contributed by atoms with Crippen LogP contribution in [0.2, 0.25) is 0 Å². The quantitative estimate of drug-likeness (QED) is 0.183. The molecule has 0 aliphatic heterocycles. The third-order valence-corrected chi connectivity index (χ3v) is 11.4. The molecule has 0 fully saturated rings. The molecule has 2 aliphatic carbocycles. The van der Waals surface area contributed by atoms with Crippen molar-refractivity contribution in [3.63, 3.8) is 0 Å². The Labute approximate surface area is 319 Å². The van der Waals surface area contributed by atoms with Crippen molar-refractivity contribution < 1.29 is 0 Å². The molecule has 6 aromatic carbocycles. The van der Waals surface area contributed by atoms with Crippen LogP contribution in [-0.4, -0.2) is 19.9 Å². The summed E-state index contributed by atoms with van der Waals surface area (Å²) in [5, 5.41) is 0. The van der Waals surface area contributed by atoms with E-state index in [1.165, 1.54) is 55.6 Å². The summed E-state index contributed by atoms with van der Waals surface area (Å²) in [7, 11) is 0. The Hall–Kier alpha value is -7.30. The number of hydrogen-bond acceptors (Lipinski definition) is 4. The molecular formula is C51H32N4. The number of nitrogens with zero attached hydrogens (tertiary/aromatic N) is 4. The summed E-state index contributed by atoms with van der Waals surface area (Å²) < 4.78 is 0. The third kappa shape index (κ3) is 4.78. The van der Waals surface area contributed by atoms with E-state index in [9.17, 15) is 0 Å². The predicted molar refractivity (Wildman–Crippen MR) is 221 cm³/mol. The predicted octanol–water partition coefficient (Wildman–Crippen LogP) is 11.9. The SMILES string of the molecule is c1ccc2c(c1)-c1ccccc1C1(c3ccc(-c4cc(-c5ccc(-c6ccncc6)cc5)nc(-c5ccncc5)n4)cc3-2)c2ccccc2-c2ccccc21. The average Bonchev–Trinajstić information content (AvgIpc) is 3.52. The van der Waals surface area contributed by atoms with E-state index in [0.717, 1.165) is 39.2 Å². The van der Waals surface area contributed by atoms with Gasteiger partial charge < -0.3 is 0 Å². The lowest BCUT2D eigenvalue weighted by molar-refractivity contribution is 0.775. The minimum Gasteiger partial charge on any atom is -0.265 e. The van der Waals surface area contributed by atoms with Gasteiger partial charge in [-0.15, -0.1) is 0 Å². The van der Waals surface area contributed by atoms with Crippen LogP contribution in [0.25, 0.3) is 78.4 Å². The van der Waals surface area contributed by atoms with E-state index >= 15 is 0 Å². The van der Waals surface area contributed by atoms with Gasteiger partial charge in [0, 0.05) is 41.5 Å². The van der Waals surface area contributed by atoms with E-state index < -0.39 is 5.41 Å². The Morgan fingerprint density at radius 2 is 0.691 bits per heavy atom. The summed E-state index contributed by atoms with van der Waals surface area (Å²) in [5.74, 6) is 0.658. The summed E-state index contributed by atoms with van der Waals surface area (Å²) in [6.45, 7) is 0. The molecule has 1 spiro atoms. The molecule has 4 heteroatoms. The van der Waals surface area contributed by atoms with E-state index in [4.69, 9.17) is 9.97 Å². The van der Waals surface area contributed by atoms with Crippen molar-refractivity contribution in [2.45, 2.75) is 5.41 Å². The molecule has 9 aromatic rings. The van der Waals surface area contributed by atoms with E-state index in [-0.39, 0.29) is 0 Å². The van der Waals surface area contributed by atoms with Gasteiger partial charge in [0.2, 0.25) is 0 Å². The van der Waals surface area contributed by atoms with Gasteiger partial charge in [0.05, 0.1) is 16.8 Å². The molecule has 55 heavy (non-hydrogen) atoms. The Bertz CT molecular complexity index is 2870. The standard InChI is InChI=1S/C51H32N4/c1-2-10-39-38(9-1)40-11-3-6-14-44(40)51(45-15-7-4-12-41(45)42-13-5-8-16-46(42)51)47-22-21-37(31-43(39)47)49-32-48(54-50(55-49)36-25-29-53-30-26-36)35-19-17-33(18-20-35)34-23-27-52-28-24-34/h1-32H. The second kappa shape index (κ2) is 12.4. The molecule has 11 rings (SSSR count). The minimum atomic E-state index is -0.522. The van der Waals surface area contributed by atoms with Gasteiger partial charge >= 0.3 is 0 Å². The molecule has 0 N–H and O–H groups in total. The van der Waals surface area contributed by atoms with Crippen molar-refractivity contribution in [2.75, 3.05) is 0 Å². The zero-order chi connectivity index (χ0) is 36.3. The van der Waals surface area contributed by atoms with Crippen LogP contribution in [0.3, 0.4) is 0 Å². The Morgan fingerprint density at radius 1 is 0.291 bits per heavy atom. The topological polar surface area (TPSA) is 51.6 Å². The number of rotatable bonds is 4. The fourth-order valence-corrected chi connectivity index (χ4v) is 8.96. The highest BCUT2D eigenvalue weighted by molar-refractivity contribution is 5.98. The molecule has 0 saturated heterocycles. The fourth-order valence-electron chi connectivity index (χ4n) is 8.96. The van der Waals surface area contributed by atoms with Crippen molar-refractivity contribution >= 4 is 0 Å². The van der Waals surface area contributed by atoms with Crippen LogP contribution < -0.4 is 0 Å². The maximum atomic E-state index is 5.25. The normalized spacial score (nSPS) is 12.9.